The Balaban J connectivity index is 1.29. The Kier molecular flexibility index (Phi) is 6.75. The summed E-state index contributed by atoms with van der Waals surface area (Å²) in [6.07, 6.45) is 5.99. The average Bonchev–Trinajstić information content (AvgIpc) is 2.53. The normalized spacial score (nSPS) is 16.9. The number of hydrogen-bond donors (Lipinski definition) is 0. The lowest BCUT2D eigenvalue weighted by molar-refractivity contribution is -0.152. The first-order chi connectivity index (χ1) is 12.7. The molecule has 0 spiro atoms. The standard InChI is InChI=1S/C20H26O6/c21-19(15-4-1-5-15)25-12-10-23-17-8-3-9-18(14-17)24-11-13-26-20(22)16-6-2-7-16/h3,8-9,14-16H,1-2,4-7,10-13H2. The maximum atomic E-state index is 11.6. The second kappa shape index (κ2) is 9.46. The predicted molar refractivity (Wildman–Crippen MR) is 94.0 cm³/mol. The zero-order valence-electron chi connectivity index (χ0n) is 15.0. The molecular formula is C20H26O6. The molecule has 142 valence electrons. The molecule has 0 saturated heterocycles. The number of carbonyl (C=O) groups excluding carboxylic acids is 2. The molecular weight excluding hydrogens is 336 g/mol. The van der Waals surface area contributed by atoms with E-state index >= 15 is 0 Å². The highest BCUT2D eigenvalue weighted by Crippen LogP contribution is 2.28. The van der Waals surface area contributed by atoms with Gasteiger partial charge in [-0.25, -0.2) is 0 Å². The molecule has 2 fully saturated rings. The van der Waals surface area contributed by atoms with Gasteiger partial charge in [0.15, 0.2) is 0 Å². The van der Waals surface area contributed by atoms with Gasteiger partial charge in [0.2, 0.25) is 0 Å². The van der Waals surface area contributed by atoms with Crippen LogP contribution < -0.4 is 9.47 Å². The molecule has 0 amide bonds. The Morgan fingerprint density at radius 3 is 1.62 bits per heavy atom. The Morgan fingerprint density at radius 1 is 0.769 bits per heavy atom. The fourth-order valence-corrected chi connectivity index (χ4v) is 2.78. The van der Waals surface area contributed by atoms with Gasteiger partial charge in [-0.3, -0.25) is 9.59 Å². The molecule has 1 aromatic rings. The van der Waals surface area contributed by atoms with E-state index < -0.39 is 0 Å². The van der Waals surface area contributed by atoms with Crippen LogP contribution in [-0.2, 0) is 19.1 Å². The lowest BCUT2D eigenvalue weighted by Gasteiger charge is -2.23. The average molecular weight is 362 g/mol. The van der Waals surface area contributed by atoms with E-state index in [2.05, 4.69) is 0 Å². The van der Waals surface area contributed by atoms with Crippen molar-refractivity contribution in [3.8, 4) is 11.5 Å². The summed E-state index contributed by atoms with van der Waals surface area (Å²) < 4.78 is 21.5. The highest BCUT2D eigenvalue weighted by molar-refractivity contribution is 5.73. The highest BCUT2D eigenvalue weighted by Gasteiger charge is 2.27. The molecule has 0 N–H and O–H groups in total. The van der Waals surface area contributed by atoms with Crippen molar-refractivity contribution in [2.45, 2.75) is 38.5 Å². The van der Waals surface area contributed by atoms with E-state index in [4.69, 9.17) is 18.9 Å². The first kappa shape index (κ1) is 18.5. The van der Waals surface area contributed by atoms with E-state index in [-0.39, 0.29) is 37.0 Å². The van der Waals surface area contributed by atoms with E-state index in [0.29, 0.717) is 24.7 Å². The zero-order chi connectivity index (χ0) is 18.2. The summed E-state index contributed by atoms with van der Waals surface area (Å²) in [5.41, 5.74) is 0. The third kappa shape index (κ3) is 5.38. The van der Waals surface area contributed by atoms with Gasteiger partial charge < -0.3 is 18.9 Å². The van der Waals surface area contributed by atoms with Crippen molar-refractivity contribution in [1.29, 1.82) is 0 Å². The lowest BCUT2D eigenvalue weighted by atomic mass is 9.86. The van der Waals surface area contributed by atoms with Crippen molar-refractivity contribution in [1.82, 2.24) is 0 Å². The summed E-state index contributed by atoms with van der Waals surface area (Å²) in [5.74, 6) is 1.24. The van der Waals surface area contributed by atoms with Crippen molar-refractivity contribution < 1.29 is 28.5 Å². The molecule has 2 aliphatic carbocycles. The number of benzene rings is 1. The third-order valence-electron chi connectivity index (χ3n) is 4.88. The van der Waals surface area contributed by atoms with Crippen LogP contribution in [0.2, 0.25) is 0 Å². The maximum absolute atomic E-state index is 11.6. The summed E-state index contributed by atoms with van der Waals surface area (Å²) in [7, 11) is 0. The van der Waals surface area contributed by atoms with Crippen LogP contribution in [0.1, 0.15) is 38.5 Å². The molecule has 0 bridgehead atoms. The van der Waals surface area contributed by atoms with Crippen LogP contribution in [0.4, 0.5) is 0 Å². The minimum absolute atomic E-state index is 0.0881. The van der Waals surface area contributed by atoms with Crippen LogP contribution in [-0.4, -0.2) is 38.4 Å². The van der Waals surface area contributed by atoms with Gasteiger partial charge in [0.1, 0.15) is 37.9 Å². The fraction of sp³-hybridized carbons (Fsp3) is 0.600. The summed E-state index contributed by atoms with van der Waals surface area (Å²) in [5, 5.41) is 0. The van der Waals surface area contributed by atoms with Crippen LogP contribution in [0.3, 0.4) is 0 Å². The van der Waals surface area contributed by atoms with Crippen LogP contribution in [0.25, 0.3) is 0 Å². The molecule has 0 radical (unpaired) electrons. The summed E-state index contributed by atoms with van der Waals surface area (Å²) >= 11 is 0. The van der Waals surface area contributed by atoms with E-state index in [9.17, 15) is 9.59 Å². The van der Waals surface area contributed by atoms with Gasteiger partial charge >= 0.3 is 11.9 Å². The fourth-order valence-electron chi connectivity index (χ4n) is 2.78. The van der Waals surface area contributed by atoms with Crippen molar-refractivity contribution >= 4 is 11.9 Å². The molecule has 3 rings (SSSR count). The molecule has 0 atom stereocenters. The molecule has 0 unspecified atom stereocenters. The molecule has 26 heavy (non-hydrogen) atoms. The van der Waals surface area contributed by atoms with Gasteiger partial charge in [-0.1, -0.05) is 18.9 Å². The maximum Gasteiger partial charge on any atom is 0.309 e. The Bertz CT molecular complexity index is 557. The summed E-state index contributed by atoms with van der Waals surface area (Å²) in [4.78, 5) is 23.2. The van der Waals surface area contributed by atoms with Crippen LogP contribution in [0.5, 0.6) is 11.5 Å². The minimum atomic E-state index is -0.117. The summed E-state index contributed by atoms with van der Waals surface area (Å²) in [6.45, 7) is 1.11. The highest BCUT2D eigenvalue weighted by atomic mass is 16.6. The first-order valence-electron chi connectivity index (χ1n) is 9.41. The molecule has 0 aliphatic heterocycles. The van der Waals surface area contributed by atoms with Crippen molar-refractivity contribution in [3.63, 3.8) is 0 Å². The van der Waals surface area contributed by atoms with E-state index in [1.165, 1.54) is 0 Å². The Morgan fingerprint density at radius 2 is 1.23 bits per heavy atom. The van der Waals surface area contributed by atoms with Crippen molar-refractivity contribution in [2.24, 2.45) is 11.8 Å². The number of esters is 2. The number of hydrogen-bond acceptors (Lipinski definition) is 6. The number of rotatable bonds is 10. The number of carbonyl (C=O) groups is 2. The number of ether oxygens (including phenoxy) is 4. The van der Waals surface area contributed by atoms with E-state index in [1.807, 2.05) is 18.2 Å². The topological polar surface area (TPSA) is 71.1 Å². The van der Waals surface area contributed by atoms with Crippen molar-refractivity contribution in [2.75, 3.05) is 26.4 Å². The van der Waals surface area contributed by atoms with E-state index in [0.717, 1.165) is 38.5 Å². The predicted octanol–water partition coefficient (Wildman–Crippen LogP) is 3.13. The van der Waals surface area contributed by atoms with Gasteiger partial charge in [-0.2, -0.15) is 0 Å². The summed E-state index contributed by atoms with van der Waals surface area (Å²) in [6, 6.07) is 7.22. The smallest absolute Gasteiger partial charge is 0.309 e. The minimum Gasteiger partial charge on any atom is -0.490 e. The Hall–Kier alpha value is -2.24. The van der Waals surface area contributed by atoms with Gasteiger partial charge in [-0.05, 0) is 37.8 Å². The first-order valence-corrected chi connectivity index (χ1v) is 9.41. The van der Waals surface area contributed by atoms with Gasteiger partial charge in [0.05, 0.1) is 11.8 Å². The van der Waals surface area contributed by atoms with Crippen LogP contribution >= 0.6 is 0 Å². The SMILES string of the molecule is O=C(OCCOc1cccc(OCCOC(=O)C2CCC2)c1)C1CCC1. The van der Waals surface area contributed by atoms with Gasteiger partial charge in [-0.15, -0.1) is 0 Å². The van der Waals surface area contributed by atoms with Crippen molar-refractivity contribution in [3.05, 3.63) is 24.3 Å². The largest absolute Gasteiger partial charge is 0.490 e. The van der Waals surface area contributed by atoms with Crippen LogP contribution in [0, 0.1) is 11.8 Å². The molecule has 0 heterocycles. The zero-order valence-corrected chi connectivity index (χ0v) is 15.0. The Labute approximate surface area is 153 Å². The van der Waals surface area contributed by atoms with Gasteiger partial charge in [0.25, 0.3) is 0 Å². The molecule has 6 heteroatoms. The quantitative estimate of drug-likeness (QED) is 0.470. The third-order valence-corrected chi connectivity index (χ3v) is 4.88. The second-order valence-corrected chi connectivity index (χ2v) is 6.76. The van der Waals surface area contributed by atoms with Gasteiger partial charge in [0, 0.05) is 6.07 Å². The second-order valence-electron chi connectivity index (χ2n) is 6.76. The monoisotopic (exact) mass is 362 g/mol. The van der Waals surface area contributed by atoms with E-state index in [1.54, 1.807) is 6.07 Å². The molecule has 6 nitrogen and oxygen atoms in total. The van der Waals surface area contributed by atoms with Crippen LogP contribution in [0.15, 0.2) is 24.3 Å². The molecule has 0 aromatic heterocycles. The molecule has 1 aromatic carbocycles. The molecule has 2 aliphatic rings. The lowest BCUT2D eigenvalue weighted by Crippen LogP contribution is -2.25. The molecule has 2 saturated carbocycles.